The van der Waals surface area contributed by atoms with E-state index in [1.807, 2.05) is 24.3 Å². The maximum absolute atomic E-state index is 9.72. The molecule has 0 spiro atoms. The average Bonchev–Trinajstić information content (AvgIpc) is 2.47. The predicted molar refractivity (Wildman–Crippen MR) is 86.4 cm³/mol. The number of hydrogen-bond acceptors (Lipinski definition) is 3. The van der Waals surface area contributed by atoms with Crippen LogP contribution in [0.1, 0.15) is 46.0 Å². The second-order valence-corrected chi connectivity index (χ2v) is 6.64. The van der Waals surface area contributed by atoms with Gasteiger partial charge in [0.05, 0.1) is 13.2 Å². The van der Waals surface area contributed by atoms with Crippen molar-refractivity contribution in [2.75, 3.05) is 12.4 Å². The summed E-state index contributed by atoms with van der Waals surface area (Å²) in [5, 5.41) is 13.2. The van der Waals surface area contributed by atoms with E-state index in [0.29, 0.717) is 11.8 Å². The summed E-state index contributed by atoms with van der Waals surface area (Å²) in [4.78, 5) is 0. The molecule has 1 saturated carbocycles. The summed E-state index contributed by atoms with van der Waals surface area (Å²) in [7, 11) is 1.66. The summed E-state index contributed by atoms with van der Waals surface area (Å²) in [6.07, 6.45) is 5.49. The van der Waals surface area contributed by atoms with Gasteiger partial charge in [0, 0.05) is 5.69 Å². The number of benzene rings is 1. The summed E-state index contributed by atoms with van der Waals surface area (Å²) >= 11 is 0. The van der Waals surface area contributed by atoms with Gasteiger partial charge in [-0.05, 0) is 61.8 Å². The molecule has 1 aliphatic rings. The van der Waals surface area contributed by atoms with Gasteiger partial charge in [-0.15, -0.1) is 0 Å². The molecular formula is C18H26N2O. The van der Waals surface area contributed by atoms with E-state index in [-0.39, 0.29) is 0 Å². The largest absolute Gasteiger partial charge is 0.497 e. The smallest absolute Gasteiger partial charge is 0.125 e. The number of nitrogens with one attached hydrogen (secondary N) is 1. The summed E-state index contributed by atoms with van der Waals surface area (Å²) in [6.45, 7) is 4.53. The van der Waals surface area contributed by atoms with Crippen LogP contribution in [-0.4, -0.2) is 12.6 Å². The molecule has 0 aliphatic heterocycles. The fraction of sp³-hybridized carbons (Fsp3) is 0.611. The molecule has 114 valence electrons. The fourth-order valence-electron chi connectivity index (χ4n) is 3.45. The van der Waals surface area contributed by atoms with Crippen LogP contribution in [0.5, 0.6) is 5.75 Å². The molecule has 2 rings (SSSR count). The van der Waals surface area contributed by atoms with Crippen molar-refractivity contribution >= 4 is 5.69 Å². The molecule has 0 bridgehead atoms. The van der Waals surface area contributed by atoms with Crippen LogP contribution in [0.15, 0.2) is 24.3 Å². The monoisotopic (exact) mass is 286 g/mol. The van der Waals surface area contributed by atoms with Gasteiger partial charge in [0.25, 0.3) is 0 Å². The molecule has 0 heterocycles. The lowest BCUT2D eigenvalue weighted by Gasteiger charge is -2.37. The summed E-state index contributed by atoms with van der Waals surface area (Å²) < 4.78 is 5.18. The van der Waals surface area contributed by atoms with Crippen molar-refractivity contribution < 1.29 is 4.74 Å². The highest BCUT2D eigenvalue weighted by Crippen LogP contribution is 2.37. The van der Waals surface area contributed by atoms with Crippen molar-refractivity contribution in [3.63, 3.8) is 0 Å². The van der Waals surface area contributed by atoms with E-state index in [4.69, 9.17) is 4.74 Å². The number of anilines is 1. The van der Waals surface area contributed by atoms with Crippen molar-refractivity contribution in [3.8, 4) is 11.8 Å². The van der Waals surface area contributed by atoms with Crippen LogP contribution in [0.4, 0.5) is 5.69 Å². The topological polar surface area (TPSA) is 45.0 Å². The Bertz CT molecular complexity index is 489. The molecule has 1 aromatic rings. The first-order valence-corrected chi connectivity index (χ1v) is 7.90. The van der Waals surface area contributed by atoms with E-state index < -0.39 is 5.54 Å². The fourth-order valence-corrected chi connectivity index (χ4v) is 3.45. The molecule has 2 atom stereocenters. The second-order valence-electron chi connectivity index (χ2n) is 6.64. The highest BCUT2D eigenvalue weighted by atomic mass is 16.5. The SMILES string of the molecule is COc1ccc(NC2(C#N)CCCC(CC(C)C)C2)cc1. The Kier molecular flexibility index (Phi) is 5.12. The lowest BCUT2D eigenvalue weighted by Crippen LogP contribution is -2.41. The van der Waals surface area contributed by atoms with Crippen LogP contribution in [0.25, 0.3) is 0 Å². The van der Waals surface area contributed by atoms with Crippen LogP contribution in [0.3, 0.4) is 0 Å². The van der Waals surface area contributed by atoms with Gasteiger partial charge in [-0.2, -0.15) is 5.26 Å². The third-order valence-electron chi connectivity index (χ3n) is 4.35. The number of rotatable bonds is 5. The highest BCUT2D eigenvalue weighted by molar-refractivity contribution is 5.50. The van der Waals surface area contributed by atoms with Crippen molar-refractivity contribution in [1.82, 2.24) is 0 Å². The van der Waals surface area contributed by atoms with Gasteiger partial charge in [-0.3, -0.25) is 0 Å². The minimum Gasteiger partial charge on any atom is -0.497 e. The van der Waals surface area contributed by atoms with Crippen LogP contribution >= 0.6 is 0 Å². The highest BCUT2D eigenvalue weighted by Gasteiger charge is 2.36. The Morgan fingerprint density at radius 2 is 2.10 bits per heavy atom. The third kappa shape index (κ3) is 4.14. The molecule has 21 heavy (non-hydrogen) atoms. The number of ether oxygens (including phenoxy) is 1. The second kappa shape index (κ2) is 6.85. The zero-order valence-corrected chi connectivity index (χ0v) is 13.4. The van der Waals surface area contributed by atoms with Gasteiger partial charge in [0.1, 0.15) is 11.3 Å². The quantitative estimate of drug-likeness (QED) is 0.860. The Hall–Kier alpha value is -1.69. The Balaban J connectivity index is 2.07. The zero-order chi connectivity index (χ0) is 15.3. The third-order valence-corrected chi connectivity index (χ3v) is 4.35. The molecule has 0 saturated heterocycles. The normalized spacial score (nSPS) is 25.4. The minimum atomic E-state index is -0.410. The van der Waals surface area contributed by atoms with Gasteiger partial charge in [0.15, 0.2) is 0 Å². The van der Waals surface area contributed by atoms with Crippen molar-refractivity contribution in [2.45, 2.75) is 51.5 Å². The molecule has 1 N–H and O–H groups in total. The number of hydrogen-bond donors (Lipinski definition) is 1. The van der Waals surface area contributed by atoms with E-state index >= 15 is 0 Å². The van der Waals surface area contributed by atoms with Crippen molar-refractivity contribution in [2.24, 2.45) is 11.8 Å². The molecule has 3 heteroatoms. The number of nitrogens with zero attached hydrogens (tertiary/aromatic N) is 1. The van der Waals surface area contributed by atoms with Crippen LogP contribution in [0, 0.1) is 23.2 Å². The van der Waals surface area contributed by atoms with Gasteiger partial charge < -0.3 is 10.1 Å². The molecule has 0 amide bonds. The minimum absolute atomic E-state index is 0.410. The van der Waals surface area contributed by atoms with Gasteiger partial charge in [0.2, 0.25) is 0 Å². The first-order chi connectivity index (χ1) is 10.1. The average molecular weight is 286 g/mol. The summed E-state index contributed by atoms with van der Waals surface area (Å²) in [5.74, 6) is 2.20. The van der Waals surface area contributed by atoms with Gasteiger partial charge >= 0.3 is 0 Å². The summed E-state index contributed by atoms with van der Waals surface area (Å²) in [6, 6.07) is 10.4. The van der Waals surface area contributed by atoms with E-state index in [1.54, 1.807) is 7.11 Å². The number of methoxy groups -OCH3 is 1. The zero-order valence-electron chi connectivity index (χ0n) is 13.4. The van der Waals surface area contributed by atoms with Crippen LogP contribution in [-0.2, 0) is 0 Å². The molecule has 0 radical (unpaired) electrons. The maximum Gasteiger partial charge on any atom is 0.125 e. The Morgan fingerprint density at radius 3 is 2.67 bits per heavy atom. The molecular weight excluding hydrogens is 260 g/mol. The summed E-state index contributed by atoms with van der Waals surface area (Å²) in [5.41, 5.74) is 0.592. The maximum atomic E-state index is 9.72. The molecule has 1 aromatic carbocycles. The Labute approximate surface area is 128 Å². The Morgan fingerprint density at radius 1 is 1.38 bits per heavy atom. The van der Waals surface area contributed by atoms with E-state index in [1.165, 1.54) is 12.8 Å². The predicted octanol–water partition coefficient (Wildman–Crippen LogP) is 4.61. The molecule has 1 aliphatic carbocycles. The molecule has 1 fully saturated rings. The molecule has 2 unspecified atom stereocenters. The van der Waals surface area contributed by atoms with Gasteiger partial charge in [-0.25, -0.2) is 0 Å². The van der Waals surface area contributed by atoms with Crippen molar-refractivity contribution in [1.29, 1.82) is 5.26 Å². The van der Waals surface area contributed by atoms with Crippen molar-refractivity contribution in [3.05, 3.63) is 24.3 Å². The molecule has 3 nitrogen and oxygen atoms in total. The van der Waals surface area contributed by atoms with E-state index in [0.717, 1.165) is 30.7 Å². The van der Waals surface area contributed by atoms with E-state index in [9.17, 15) is 5.26 Å². The van der Waals surface area contributed by atoms with Crippen LogP contribution in [0.2, 0.25) is 0 Å². The lowest BCUT2D eigenvalue weighted by molar-refractivity contribution is 0.254. The number of nitriles is 1. The van der Waals surface area contributed by atoms with E-state index in [2.05, 4.69) is 25.2 Å². The van der Waals surface area contributed by atoms with Gasteiger partial charge in [-0.1, -0.05) is 20.3 Å². The standard InChI is InChI=1S/C18H26N2O/c1-14(2)11-15-5-4-10-18(12-15,13-19)20-16-6-8-17(21-3)9-7-16/h6-9,14-15,20H,4-5,10-12H2,1-3H3. The molecule has 0 aromatic heterocycles. The first kappa shape index (κ1) is 15.7. The first-order valence-electron chi connectivity index (χ1n) is 7.90. The van der Waals surface area contributed by atoms with Crippen LogP contribution < -0.4 is 10.1 Å². The lowest BCUT2D eigenvalue weighted by atomic mass is 9.73.